The fourth-order valence-electron chi connectivity index (χ4n) is 3.48. The lowest BCUT2D eigenvalue weighted by atomic mass is 9.96. The van der Waals surface area contributed by atoms with Crippen molar-refractivity contribution >= 4 is 17.9 Å². The second-order valence-corrected chi connectivity index (χ2v) is 7.35. The number of hydrogen-bond donors (Lipinski definition) is 2. The zero-order valence-corrected chi connectivity index (χ0v) is 16.9. The van der Waals surface area contributed by atoms with Crippen molar-refractivity contribution in [1.82, 2.24) is 19.7 Å². The van der Waals surface area contributed by atoms with E-state index in [0.717, 1.165) is 51.3 Å². The van der Waals surface area contributed by atoms with Crippen LogP contribution in [0.25, 0.3) is 0 Å². The second-order valence-electron chi connectivity index (χ2n) is 7.35. The Morgan fingerprint density at radius 1 is 1.10 bits per heavy atom. The summed E-state index contributed by atoms with van der Waals surface area (Å²) < 4.78 is 31.7. The molecule has 1 aromatic rings. The minimum absolute atomic E-state index is 0.103. The SMILES string of the molecule is NC(=O)N1CCCC(C(=O)N2CCN(Cc3ccccn3)CC2)C1.O=C(O)C(F)(F)F. The van der Waals surface area contributed by atoms with Gasteiger partial charge in [-0.25, -0.2) is 9.59 Å². The molecule has 2 saturated heterocycles. The van der Waals surface area contributed by atoms with Crippen LogP contribution in [-0.4, -0.2) is 88.1 Å². The average Bonchev–Trinajstić information content (AvgIpc) is 2.74. The molecule has 31 heavy (non-hydrogen) atoms. The molecule has 3 N–H and O–H groups in total. The molecular weight excluding hydrogens is 419 g/mol. The molecule has 0 spiro atoms. The van der Waals surface area contributed by atoms with Crippen LogP contribution in [0.3, 0.4) is 0 Å². The number of carbonyl (C=O) groups excluding carboxylic acids is 2. The Hall–Kier alpha value is -2.89. The van der Waals surface area contributed by atoms with Gasteiger partial charge in [0.15, 0.2) is 0 Å². The number of likely N-dealkylation sites (tertiary alicyclic amines) is 1. The van der Waals surface area contributed by atoms with Crippen molar-refractivity contribution in [3.05, 3.63) is 30.1 Å². The van der Waals surface area contributed by atoms with Gasteiger partial charge < -0.3 is 20.6 Å². The third-order valence-corrected chi connectivity index (χ3v) is 5.12. The molecule has 2 aliphatic heterocycles. The van der Waals surface area contributed by atoms with Crippen LogP contribution in [0, 0.1) is 5.92 Å². The van der Waals surface area contributed by atoms with Gasteiger partial charge in [0.1, 0.15) is 0 Å². The fraction of sp³-hybridized carbons (Fsp3) is 0.579. The van der Waals surface area contributed by atoms with Crippen LogP contribution in [0.15, 0.2) is 24.4 Å². The maximum Gasteiger partial charge on any atom is 0.490 e. The number of carboxylic acids is 1. The van der Waals surface area contributed by atoms with E-state index in [1.165, 1.54) is 0 Å². The van der Waals surface area contributed by atoms with E-state index >= 15 is 0 Å². The summed E-state index contributed by atoms with van der Waals surface area (Å²) in [7, 11) is 0. The van der Waals surface area contributed by atoms with Gasteiger partial charge in [-0.15, -0.1) is 0 Å². The van der Waals surface area contributed by atoms with E-state index < -0.39 is 18.2 Å². The number of pyridine rings is 1. The van der Waals surface area contributed by atoms with Crippen LogP contribution >= 0.6 is 0 Å². The second kappa shape index (κ2) is 10.9. The van der Waals surface area contributed by atoms with Crippen molar-refractivity contribution in [2.75, 3.05) is 39.3 Å². The van der Waals surface area contributed by atoms with Gasteiger partial charge in [0.2, 0.25) is 5.91 Å². The molecule has 0 radical (unpaired) electrons. The van der Waals surface area contributed by atoms with Crippen molar-refractivity contribution in [1.29, 1.82) is 0 Å². The highest BCUT2D eigenvalue weighted by Gasteiger charge is 2.38. The fourth-order valence-corrected chi connectivity index (χ4v) is 3.48. The number of amides is 3. The van der Waals surface area contributed by atoms with Crippen molar-refractivity contribution in [2.45, 2.75) is 25.6 Å². The lowest BCUT2D eigenvalue weighted by Gasteiger charge is -2.38. The zero-order valence-electron chi connectivity index (χ0n) is 16.9. The average molecular weight is 445 g/mol. The van der Waals surface area contributed by atoms with Crippen LogP contribution < -0.4 is 5.73 Å². The van der Waals surface area contributed by atoms with Crippen molar-refractivity contribution < 1.29 is 32.7 Å². The molecule has 0 aromatic carbocycles. The first kappa shape index (κ1) is 24.4. The molecule has 3 heterocycles. The first-order chi connectivity index (χ1) is 14.6. The van der Waals surface area contributed by atoms with Crippen LogP contribution in [-0.2, 0) is 16.1 Å². The number of aliphatic carboxylic acids is 1. The Bertz CT molecular complexity index is 755. The normalized spacial score (nSPS) is 19.9. The monoisotopic (exact) mass is 445 g/mol. The number of hydrogen-bond acceptors (Lipinski definition) is 5. The topological polar surface area (TPSA) is 120 Å². The number of nitrogens with zero attached hydrogens (tertiary/aromatic N) is 4. The van der Waals surface area contributed by atoms with E-state index in [2.05, 4.69) is 9.88 Å². The summed E-state index contributed by atoms with van der Waals surface area (Å²) in [6.45, 7) is 5.13. The Morgan fingerprint density at radius 2 is 1.74 bits per heavy atom. The predicted octanol–water partition coefficient (Wildman–Crippen LogP) is 1.15. The van der Waals surface area contributed by atoms with E-state index in [9.17, 15) is 22.8 Å². The Morgan fingerprint density at radius 3 is 2.26 bits per heavy atom. The number of primary amides is 1. The number of piperazine rings is 1. The summed E-state index contributed by atoms with van der Waals surface area (Å²) in [6.07, 6.45) is -1.58. The first-order valence-corrected chi connectivity index (χ1v) is 9.83. The van der Waals surface area contributed by atoms with Gasteiger partial charge in [0.05, 0.1) is 11.6 Å². The number of piperidine rings is 1. The number of aromatic nitrogens is 1. The zero-order chi connectivity index (χ0) is 23.0. The largest absolute Gasteiger partial charge is 0.490 e. The van der Waals surface area contributed by atoms with Crippen LogP contribution in [0.2, 0.25) is 0 Å². The Balaban J connectivity index is 0.000000423. The Kier molecular flexibility index (Phi) is 8.60. The molecule has 2 fully saturated rings. The molecule has 3 amide bonds. The van der Waals surface area contributed by atoms with Crippen LogP contribution in [0.1, 0.15) is 18.5 Å². The number of urea groups is 1. The third kappa shape index (κ3) is 7.70. The third-order valence-electron chi connectivity index (χ3n) is 5.12. The van der Waals surface area contributed by atoms with Gasteiger partial charge in [-0.2, -0.15) is 13.2 Å². The summed E-state index contributed by atoms with van der Waals surface area (Å²) in [6, 6.07) is 5.51. The molecule has 0 saturated carbocycles. The van der Waals surface area contributed by atoms with Crippen LogP contribution in [0.5, 0.6) is 0 Å². The van der Waals surface area contributed by atoms with E-state index in [-0.39, 0.29) is 11.8 Å². The van der Waals surface area contributed by atoms with Gasteiger partial charge in [0.25, 0.3) is 0 Å². The number of alkyl halides is 3. The molecule has 1 aromatic heterocycles. The van der Waals surface area contributed by atoms with Crippen LogP contribution in [0.4, 0.5) is 18.0 Å². The van der Waals surface area contributed by atoms with Crippen molar-refractivity contribution in [3.63, 3.8) is 0 Å². The highest BCUT2D eigenvalue weighted by Crippen LogP contribution is 2.20. The molecule has 1 atom stereocenters. The van der Waals surface area contributed by atoms with E-state index in [1.54, 1.807) is 4.90 Å². The number of carboxylic acid groups (broad SMARTS) is 1. The number of halogens is 3. The lowest BCUT2D eigenvalue weighted by molar-refractivity contribution is -0.192. The minimum Gasteiger partial charge on any atom is -0.475 e. The van der Waals surface area contributed by atoms with Gasteiger partial charge in [-0.1, -0.05) is 6.07 Å². The van der Waals surface area contributed by atoms with E-state index in [1.807, 2.05) is 29.3 Å². The van der Waals surface area contributed by atoms with Crippen molar-refractivity contribution in [3.8, 4) is 0 Å². The smallest absolute Gasteiger partial charge is 0.475 e. The summed E-state index contributed by atoms with van der Waals surface area (Å²) >= 11 is 0. The molecule has 12 heteroatoms. The molecule has 0 bridgehead atoms. The Labute approximate surface area is 177 Å². The minimum atomic E-state index is -5.08. The van der Waals surface area contributed by atoms with Gasteiger partial charge in [-0.3, -0.25) is 14.7 Å². The summed E-state index contributed by atoms with van der Waals surface area (Å²) in [5.74, 6) is -2.69. The predicted molar refractivity (Wildman–Crippen MR) is 104 cm³/mol. The molecular formula is C19H26F3N5O4. The molecule has 2 aliphatic rings. The number of rotatable bonds is 3. The summed E-state index contributed by atoms with van der Waals surface area (Å²) in [4.78, 5) is 43.1. The molecule has 172 valence electrons. The molecule has 0 aliphatic carbocycles. The quantitative estimate of drug-likeness (QED) is 0.720. The maximum atomic E-state index is 12.7. The van der Waals surface area contributed by atoms with E-state index in [0.29, 0.717) is 13.1 Å². The highest BCUT2D eigenvalue weighted by atomic mass is 19.4. The first-order valence-electron chi connectivity index (χ1n) is 9.83. The summed E-state index contributed by atoms with van der Waals surface area (Å²) in [5, 5.41) is 7.12. The molecule has 9 nitrogen and oxygen atoms in total. The van der Waals surface area contributed by atoms with E-state index in [4.69, 9.17) is 15.6 Å². The number of nitrogens with two attached hydrogens (primary N) is 1. The molecule has 1 unspecified atom stereocenters. The number of carbonyl (C=O) groups is 3. The highest BCUT2D eigenvalue weighted by molar-refractivity contribution is 5.80. The van der Waals surface area contributed by atoms with Gasteiger partial charge in [0, 0.05) is 52.0 Å². The van der Waals surface area contributed by atoms with Gasteiger partial charge >= 0.3 is 18.2 Å². The van der Waals surface area contributed by atoms with Gasteiger partial charge in [-0.05, 0) is 25.0 Å². The lowest BCUT2D eigenvalue weighted by Crippen LogP contribution is -2.53. The molecule has 3 rings (SSSR count). The standard InChI is InChI=1S/C17H25N5O2.C2HF3O2/c18-17(24)22-7-3-4-14(12-22)16(23)21-10-8-20(9-11-21)13-15-5-1-2-6-19-15;3-2(4,5)1(6)7/h1-2,5-6,14H,3-4,7-13H2,(H2,18,24);(H,6,7). The van der Waals surface area contributed by atoms with Crippen molar-refractivity contribution in [2.24, 2.45) is 11.7 Å². The summed E-state index contributed by atoms with van der Waals surface area (Å²) in [5.41, 5.74) is 6.41. The maximum absolute atomic E-state index is 12.7.